The molecule has 1 aromatic carbocycles. The third-order valence-corrected chi connectivity index (χ3v) is 6.42. The lowest BCUT2D eigenvalue weighted by atomic mass is 10.1. The van der Waals surface area contributed by atoms with E-state index in [1.54, 1.807) is 11.4 Å². The SMILES string of the molecule is Cc1cn2c3c(=O)n(CCN4CCCCC4)c(=O)n(C)c3nc2n1-c1cccc(Cl)c1. The maximum atomic E-state index is 13.4. The Morgan fingerprint density at radius 3 is 2.61 bits per heavy atom. The topological polar surface area (TPSA) is 69.5 Å². The Bertz CT molecular complexity index is 1400. The number of imidazole rings is 2. The Balaban J connectivity index is 1.67. The molecule has 0 aliphatic carbocycles. The molecule has 0 saturated carbocycles. The van der Waals surface area contributed by atoms with Crippen LogP contribution in [0.3, 0.4) is 0 Å². The van der Waals surface area contributed by atoms with E-state index in [-0.39, 0.29) is 11.2 Å². The molecule has 9 heteroatoms. The molecule has 4 aromatic rings. The minimum absolute atomic E-state index is 0.300. The van der Waals surface area contributed by atoms with Gasteiger partial charge in [0.05, 0.1) is 5.69 Å². The van der Waals surface area contributed by atoms with Crippen molar-refractivity contribution >= 4 is 28.5 Å². The zero-order valence-corrected chi connectivity index (χ0v) is 18.5. The van der Waals surface area contributed by atoms with Crippen molar-refractivity contribution in [2.75, 3.05) is 19.6 Å². The van der Waals surface area contributed by atoms with Crippen molar-refractivity contribution in [3.63, 3.8) is 0 Å². The van der Waals surface area contributed by atoms with E-state index in [9.17, 15) is 9.59 Å². The molecule has 0 N–H and O–H groups in total. The molecule has 1 aliphatic rings. The van der Waals surface area contributed by atoms with Crippen molar-refractivity contribution < 1.29 is 0 Å². The van der Waals surface area contributed by atoms with Gasteiger partial charge in [0.25, 0.3) is 5.56 Å². The second-order valence-electron chi connectivity index (χ2n) is 8.24. The fourth-order valence-corrected chi connectivity index (χ4v) is 4.75. The summed E-state index contributed by atoms with van der Waals surface area (Å²) in [6, 6.07) is 7.48. The maximum Gasteiger partial charge on any atom is 0.332 e. The molecule has 4 heterocycles. The largest absolute Gasteiger partial charge is 0.332 e. The lowest BCUT2D eigenvalue weighted by Gasteiger charge is -2.26. The van der Waals surface area contributed by atoms with Gasteiger partial charge in [0.1, 0.15) is 0 Å². The molecule has 0 bridgehead atoms. The fraction of sp³-hybridized carbons (Fsp3) is 0.409. The Morgan fingerprint density at radius 1 is 1.10 bits per heavy atom. The molecule has 0 atom stereocenters. The number of likely N-dealkylation sites (tertiary alicyclic amines) is 1. The van der Waals surface area contributed by atoms with E-state index < -0.39 is 0 Å². The summed E-state index contributed by atoms with van der Waals surface area (Å²) in [6.07, 6.45) is 5.48. The van der Waals surface area contributed by atoms with Gasteiger partial charge in [-0.05, 0) is 51.1 Å². The molecule has 0 radical (unpaired) electrons. The van der Waals surface area contributed by atoms with Gasteiger partial charge in [0, 0.05) is 37.1 Å². The fourth-order valence-electron chi connectivity index (χ4n) is 4.57. The van der Waals surface area contributed by atoms with Crippen LogP contribution in [0, 0.1) is 6.92 Å². The second-order valence-corrected chi connectivity index (χ2v) is 8.68. The van der Waals surface area contributed by atoms with E-state index in [0.717, 1.165) is 24.5 Å². The quantitative estimate of drug-likeness (QED) is 0.489. The van der Waals surface area contributed by atoms with Crippen molar-refractivity contribution in [3.8, 4) is 5.69 Å². The predicted molar refractivity (Wildman–Crippen MR) is 122 cm³/mol. The molecule has 1 fully saturated rings. The Labute approximate surface area is 183 Å². The van der Waals surface area contributed by atoms with Crippen LogP contribution in [0.2, 0.25) is 5.02 Å². The highest BCUT2D eigenvalue weighted by molar-refractivity contribution is 6.30. The van der Waals surface area contributed by atoms with Crippen LogP contribution in [0.1, 0.15) is 25.0 Å². The van der Waals surface area contributed by atoms with E-state index >= 15 is 0 Å². The number of hydrogen-bond acceptors (Lipinski definition) is 4. The highest BCUT2D eigenvalue weighted by atomic mass is 35.5. The van der Waals surface area contributed by atoms with E-state index in [0.29, 0.717) is 35.1 Å². The Hall–Kier alpha value is -2.84. The van der Waals surface area contributed by atoms with E-state index in [4.69, 9.17) is 11.6 Å². The smallest absolute Gasteiger partial charge is 0.302 e. The zero-order valence-electron chi connectivity index (χ0n) is 17.7. The minimum atomic E-state index is -0.332. The maximum absolute atomic E-state index is 13.4. The molecule has 162 valence electrons. The van der Waals surface area contributed by atoms with E-state index in [2.05, 4.69) is 9.88 Å². The summed E-state index contributed by atoms with van der Waals surface area (Å²) in [7, 11) is 1.67. The normalized spacial score (nSPS) is 15.3. The number of benzene rings is 1. The van der Waals surface area contributed by atoms with Gasteiger partial charge in [-0.25, -0.2) is 4.79 Å². The molecule has 0 unspecified atom stereocenters. The molecule has 0 amide bonds. The zero-order chi connectivity index (χ0) is 21.7. The lowest BCUT2D eigenvalue weighted by Crippen LogP contribution is -2.43. The van der Waals surface area contributed by atoms with Crippen LogP contribution in [-0.2, 0) is 13.6 Å². The summed E-state index contributed by atoms with van der Waals surface area (Å²) in [5, 5.41) is 0.618. The molecule has 31 heavy (non-hydrogen) atoms. The summed E-state index contributed by atoms with van der Waals surface area (Å²) in [5.41, 5.74) is 1.94. The number of nitrogens with zero attached hydrogens (tertiary/aromatic N) is 6. The molecular formula is C22H25ClN6O2. The number of piperidine rings is 1. The summed E-state index contributed by atoms with van der Waals surface area (Å²) >= 11 is 6.19. The van der Waals surface area contributed by atoms with Crippen molar-refractivity contribution in [1.29, 1.82) is 0 Å². The Morgan fingerprint density at radius 2 is 1.87 bits per heavy atom. The van der Waals surface area contributed by atoms with Gasteiger partial charge >= 0.3 is 5.69 Å². The number of fused-ring (bicyclic) bond motifs is 3. The minimum Gasteiger partial charge on any atom is -0.302 e. The first-order valence-electron chi connectivity index (χ1n) is 10.6. The number of hydrogen-bond donors (Lipinski definition) is 0. The van der Waals surface area contributed by atoms with Gasteiger partial charge in [-0.3, -0.25) is 22.9 Å². The van der Waals surface area contributed by atoms with Crippen molar-refractivity contribution in [3.05, 3.63) is 62.0 Å². The molecule has 5 rings (SSSR count). The summed E-state index contributed by atoms with van der Waals surface area (Å²) in [4.78, 5) is 33.4. The van der Waals surface area contributed by atoms with Crippen molar-refractivity contribution in [2.24, 2.45) is 7.05 Å². The van der Waals surface area contributed by atoms with Crippen LogP contribution < -0.4 is 11.2 Å². The van der Waals surface area contributed by atoms with Crippen LogP contribution in [0.4, 0.5) is 0 Å². The highest BCUT2D eigenvalue weighted by Crippen LogP contribution is 2.22. The number of rotatable bonds is 4. The average Bonchev–Trinajstić information content (AvgIpc) is 3.27. The molecule has 8 nitrogen and oxygen atoms in total. The molecule has 0 spiro atoms. The van der Waals surface area contributed by atoms with E-state index in [1.165, 1.54) is 28.4 Å². The van der Waals surface area contributed by atoms with Gasteiger partial charge in [-0.15, -0.1) is 0 Å². The number of halogens is 1. The molecule has 3 aromatic heterocycles. The second kappa shape index (κ2) is 7.69. The first-order valence-corrected chi connectivity index (χ1v) is 11.0. The number of aromatic nitrogens is 5. The Kier molecular flexibility index (Phi) is 4.98. The van der Waals surface area contributed by atoms with Crippen LogP contribution in [0.5, 0.6) is 0 Å². The van der Waals surface area contributed by atoms with Gasteiger partial charge in [-0.2, -0.15) is 4.98 Å². The summed E-state index contributed by atoms with van der Waals surface area (Å²) < 4.78 is 6.54. The monoisotopic (exact) mass is 440 g/mol. The first kappa shape index (κ1) is 20.1. The van der Waals surface area contributed by atoms with Gasteiger partial charge in [0.15, 0.2) is 11.2 Å². The van der Waals surface area contributed by atoms with Crippen LogP contribution in [0.15, 0.2) is 40.1 Å². The first-order chi connectivity index (χ1) is 15.0. The van der Waals surface area contributed by atoms with Crippen LogP contribution >= 0.6 is 11.6 Å². The molecular weight excluding hydrogens is 416 g/mol. The van der Waals surface area contributed by atoms with Crippen molar-refractivity contribution in [1.82, 2.24) is 28.0 Å². The third-order valence-electron chi connectivity index (χ3n) is 6.18. The highest BCUT2D eigenvalue weighted by Gasteiger charge is 2.21. The van der Waals surface area contributed by atoms with Gasteiger partial charge in [0.2, 0.25) is 5.78 Å². The van der Waals surface area contributed by atoms with Crippen LogP contribution in [0.25, 0.3) is 22.6 Å². The molecule has 1 saturated heterocycles. The lowest BCUT2D eigenvalue weighted by molar-refractivity contribution is 0.218. The number of aryl methyl sites for hydroxylation is 2. The summed E-state index contributed by atoms with van der Waals surface area (Å²) in [6.45, 7) is 5.08. The summed E-state index contributed by atoms with van der Waals surface area (Å²) in [5.74, 6) is 0.579. The average molecular weight is 441 g/mol. The third kappa shape index (κ3) is 3.30. The van der Waals surface area contributed by atoms with E-state index in [1.807, 2.05) is 42.0 Å². The molecule has 1 aliphatic heterocycles. The van der Waals surface area contributed by atoms with Crippen LogP contribution in [-0.4, -0.2) is 47.6 Å². The van der Waals surface area contributed by atoms with Crippen molar-refractivity contribution in [2.45, 2.75) is 32.7 Å². The standard InChI is InChI=1S/C22H25ClN6O2/c1-15-14-28-18-19(24-21(28)29(15)17-8-6-7-16(23)13-17)25(2)22(31)27(20(18)30)12-11-26-9-4-3-5-10-26/h6-8,13-14H,3-5,9-12H2,1-2H3. The predicted octanol–water partition coefficient (Wildman–Crippen LogP) is 2.59. The van der Waals surface area contributed by atoms with Gasteiger partial charge < -0.3 is 4.90 Å². The van der Waals surface area contributed by atoms with Gasteiger partial charge in [-0.1, -0.05) is 24.1 Å².